The second-order valence-corrected chi connectivity index (χ2v) is 7.62. The van der Waals surface area contributed by atoms with Crippen LogP contribution in [0.1, 0.15) is 5.56 Å². The van der Waals surface area contributed by atoms with Gasteiger partial charge in [0.2, 0.25) is 15.9 Å². The van der Waals surface area contributed by atoms with E-state index in [4.69, 9.17) is 9.88 Å². The van der Waals surface area contributed by atoms with Crippen molar-refractivity contribution in [1.82, 2.24) is 0 Å². The fourth-order valence-electron chi connectivity index (χ4n) is 2.00. The molecule has 0 saturated carbocycles. The number of amides is 1. The third-order valence-electron chi connectivity index (χ3n) is 3.21. The van der Waals surface area contributed by atoms with Crippen LogP contribution < -0.4 is 15.2 Å². The van der Waals surface area contributed by atoms with Crippen molar-refractivity contribution in [1.29, 1.82) is 0 Å². The summed E-state index contributed by atoms with van der Waals surface area (Å²) in [4.78, 5) is 13.0. The third-order valence-corrected chi connectivity index (χ3v) is 5.27. The van der Waals surface area contributed by atoms with Gasteiger partial charge >= 0.3 is 0 Å². The van der Waals surface area contributed by atoms with Gasteiger partial charge in [0.15, 0.2) is 0 Å². The molecule has 0 atom stereocenters. The zero-order valence-electron chi connectivity index (χ0n) is 13.3. The van der Waals surface area contributed by atoms with Crippen molar-refractivity contribution in [2.24, 2.45) is 5.14 Å². The van der Waals surface area contributed by atoms with E-state index in [0.29, 0.717) is 11.3 Å². The lowest BCUT2D eigenvalue weighted by Gasteiger charge is -2.09. The molecule has 3 N–H and O–H groups in total. The number of anilines is 1. The molecule has 0 fully saturated rings. The maximum Gasteiger partial charge on any atom is 0.238 e. The maximum atomic E-state index is 12.0. The second kappa shape index (κ2) is 7.69. The van der Waals surface area contributed by atoms with E-state index in [1.807, 2.05) is 24.3 Å². The Morgan fingerprint density at radius 2 is 1.88 bits per heavy atom. The van der Waals surface area contributed by atoms with Gasteiger partial charge < -0.3 is 10.1 Å². The van der Waals surface area contributed by atoms with Crippen molar-refractivity contribution in [3.63, 3.8) is 0 Å². The van der Waals surface area contributed by atoms with Crippen molar-refractivity contribution in [3.8, 4) is 5.75 Å². The van der Waals surface area contributed by atoms with Crippen molar-refractivity contribution in [3.05, 3.63) is 48.0 Å². The smallest absolute Gasteiger partial charge is 0.238 e. The number of carbonyl (C=O) groups is 1. The first kappa shape index (κ1) is 18.3. The zero-order chi connectivity index (χ0) is 17.7. The van der Waals surface area contributed by atoms with E-state index in [1.54, 1.807) is 26.2 Å². The number of benzene rings is 2. The Balaban J connectivity index is 1.99. The SMILES string of the molecule is COc1ccc(SCC(=O)Nc2ccc(C)c(S(N)(=O)=O)c2)cc1. The first-order valence-corrected chi connectivity index (χ1v) is 9.53. The highest BCUT2D eigenvalue weighted by Crippen LogP contribution is 2.22. The minimum absolute atomic E-state index is 0.00288. The predicted octanol–water partition coefficient (Wildman–Crippen LogP) is 2.38. The number of nitrogens with one attached hydrogen (secondary N) is 1. The standard InChI is InChI=1S/C16H18N2O4S2/c1-11-3-4-12(9-15(11)24(17,20)21)18-16(19)10-23-14-7-5-13(22-2)6-8-14/h3-9H,10H2,1-2H3,(H,18,19)(H2,17,20,21). The predicted molar refractivity (Wildman–Crippen MR) is 94.9 cm³/mol. The molecule has 0 heterocycles. The summed E-state index contributed by atoms with van der Waals surface area (Å²) in [5.74, 6) is 0.712. The van der Waals surface area contributed by atoms with Crippen LogP contribution in [0.2, 0.25) is 0 Å². The van der Waals surface area contributed by atoms with Crippen LogP contribution in [0, 0.1) is 6.92 Å². The van der Waals surface area contributed by atoms with Crippen LogP contribution in [0.15, 0.2) is 52.3 Å². The Kier molecular flexibility index (Phi) is 5.87. The van der Waals surface area contributed by atoms with E-state index >= 15 is 0 Å². The minimum Gasteiger partial charge on any atom is -0.497 e. The first-order chi connectivity index (χ1) is 11.3. The number of primary sulfonamides is 1. The van der Waals surface area contributed by atoms with Gasteiger partial charge in [-0.25, -0.2) is 13.6 Å². The quantitative estimate of drug-likeness (QED) is 0.765. The highest BCUT2D eigenvalue weighted by atomic mass is 32.2. The Bertz CT molecular complexity index is 834. The number of rotatable bonds is 6. The van der Waals surface area contributed by atoms with Crippen LogP contribution in [0.25, 0.3) is 0 Å². The lowest BCUT2D eigenvalue weighted by atomic mass is 10.2. The van der Waals surface area contributed by atoms with Gasteiger partial charge in [0.1, 0.15) is 5.75 Å². The highest BCUT2D eigenvalue weighted by molar-refractivity contribution is 8.00. The molecule has 24 heavy (non-hydrogen) atoms. The number of aryl methyl sites for hydroxylation is 1. The van der Waals surface area contributed by atoms with Gasteiger partial charge in [-0.2, -0.15) is 0 Å². The number of methoxy groups -OCH3 is 1. The molecule has 0 bridgehead atoms. The lowest BCUT2D eigenvalue weighted by molar-refractivity contribution is -0.113. The van der Waals surface area contributed by atoms with Crippen molar-refractivity contribution in [2.45, 2.75) is 16.7 Å². The van der Waals surface area contributed by atoms with Gasteiger partial charge in [0.05, 0.1) is 17.8 Å². The third kappa shape index (κ3) is 4.98. The first-order valence-electron chi connectivity index (χ1n) is 7.00. The number of carbonyl (C=O) groups excluding carboxylic acids is 1. The molecule has 8 heteroatoms. The summed E-state index contributed by atoms with van der Waals surface area (Å²) in [6, 6.07) is 12.0. The van der Waals surface area contributed by atoms with E-state index in [1.165, 1.54) is 17.8 Å². The van der Waals surface area contributed by atoms with E-state index in [-0.39, 0.29) is 16.6 Å². The summed E-state index contributed by atoms with van der Waals surface area (Å²) in [6.07, 6.45) is 0. The van der Waals surface area contributed by atoms with Crippen LogP contribution in [-0.2, 0) is 14.8 Å². The molecule has 6 nitrogen and oxygen atoms in total. The van der Waals surface area contributed by atoms with Gasteiger partial charge in [-0.1, -0.05) is 6.07 Å². The molecular formula is C16H18N2O4S2. The maximum absolute atomic E-state index is 12.0. The average Bonchev–Trinajstić information content (AvgIpc) is 2.54. The molecule has 0 aliphatic carbocycles. The Hall–Kier alpha value is -2.03. The summed E-state index contributed by atoms with van der Waals surface area (Å²) in [7, 11) is -2.23. The Morgan fingerprint density at radius 1 is 1.21 bits per heavy atom. The van der Waals surface area contributed by atoms with Crippen molar-refractivity contribution in [2.75, 3.05) is 18.2 Å². The fraction of sp³-hybridized carbons (Fsp3) is 0.188. The van der Waals surface area contributed by atoms with E-state index in [9.17, 15) is 13.2 Å². The van der Waals surface area contributed by atoms with Crippen molar-refractivity contribution < 1.29 is 17.9 Å². The zero-order valence-corrected chi connectivity index (χ0v) is 14.9. The summed E-state index contributed by atoms with van der Waals surface area (Å²) >= 11 is 1.37. The molecule has 0 spiro atoms. The van der Waals surface area contributed by atoms with Crippen LogP contribution in [0.5, 0.6) is 5.75 Å². The summed E-state index contributed by atoms with van der Waals surface area (Å²) in [5, 5.41) is 7.83. The molecule has 0 aliphatic heterocycles. The van der Waals surface area contributed by atoms with Crippen LogP contribution >= 0.6 is 11.8 Å². The summed E-state index contributed by atoms with van der Waals surface area (Å²) in [6.45, 7) is 1.64. The van der Waals surface area contributed by atoms with Gasteiger partial charge in [0, 0.05) is 10.6 Å². The molecular weight excluding hydrogens is 348 g/mol. The molecule has 2 aromatic carbocycles. The molecule has 0 radical (unpaired) electrons. The Morgan fingerprint density at radius 3 is 2.46 bits per heavy atom. The molecule has 2 aromatic rings. The van der Waals surface area contributed by atoms with Gasteiger partial charge in [0.25, 0.3) is 0 Å². The summed E-state index contributed by atoms with van der Waals surface area (Å²) in [5.41, 5.74) is 0.924. The fourth-order valence-corrected chi connectivity index (χ4v) is 3.51. The van der Waals surface area contributed by atoms with Gasteiger partial charge in [-0.3, -0.25) is 4.79 Å². The van der Waals surface area contributed by atoms with E-state index in [2.05, 4.69) is 5.32 Å². The van der Waals surface area contributed by atoms with Gasteiger partial charge in [-0.15, -0.1) is 11.8 Å². The van der Waals surface area contributed by atoms with Gasteiger partial charge in [-0.05, 0) is 48.9 Å². The average molecular weight is 366 g/mol. The number of sulfonamides is 1. The molecule has 0 aromatic heterocycles. The van der Waals surface area contributed by atoms with Crippen LogP contribution in [0.4, 0.5) is 5.69 Å². The number of hydrogen-bond acceptors (Lipinski definition) is 5. The monoisotopic (exact) mass is 366 g/mol. The number of ether oxygens (including phenoxy) is 1. The van der Waals surface area contributed by atoms with Crippen LogP contribution in [0.3, 0.4) is 0 Å². The molecule has 2 rings (SSSR count). The molecule has 128 valence electrons. The highest BCUT2D eigenvalue weighted by Gasteiger charge is 2.13. The van der Waals surface area contributed by atoms with E-state index < -0.39 is 10.0 Å². The lowest BCUT2D eigenvalue weighted by Crippen LogP contribution is -2.17. The van der Waals surface area contributed by atoms with Crippen molar-refractivity contribution >= 4 is 33.4 Å². The topological polar surface area (TPSA) is 98.5 Å². The molecule has 1 amide bonds. The molecule has 0 saturated heterocycles. The largest absolute Gasteiger partial charge is 0.497 e. The molecule has 0 aliphatic rings. The number of thioether (sulfide) groups is 1. The number of nitrogens with two attached hydrogens (primary N) is 1. The normalized spacial score (nSPS) is 11.1. The number of hydrogen-bond donors (Lipinski definition) is 2. The minimum atomic E-state index is -3.82. The summed E-state index contributed by atoms with van der Waals surface area (Å²) < 4.78 is 28.1. The molecule has 0 unspecified atom stereocenters. The van der Waals surface area contributed by atoms with Crippen LogP contribution in [-0.4, -0.2) is 27.2 Å². The Labute approximate surface area is 145 Å². The van der Waals surface area contributed by atoms with E-state index in [0.717, 1.165) is 10.6 Å². The second-order valence-electron chi connectivity index (χ2n) is 5.04.